The molecule has 1 aromatic carbocycles. The molecule has 5 nitrogen and oxygen atoms in total. The van der Waals surface area contributed by atoms with Crippen molar-refractivity contribution in [2.45, 2.75) is 12.5 Å². The summed E-state index contributed by atoms with van der Waals surface area (Å²) in [5.41, 5.74) is 5.75. The van der Waals surface area contributed by atoms with E-state index in [4.69, 9.17) is 5.73 Å². The third kappa shape index (κ3) is 3.26. The Balaban J connectivity index is 3.03. The van der Waals surface area contributed by atoms with Crippen molar-refractivity contribution in [3.8, 4) is 0 Å². The molecule has 82 valence electrons. The van der Waals surface area contributed by atoms with Gasteiger partial charge < -0.3 is 10.8 Å². The van der Waals surface area contributed by atoms with Gasteiger partial charge in [0.1, 0.15) is 0 Å². The van der Waals surface area contributed by atoms with E-state index in [0.717, 1.165) is 0 Å². The highest BCUT2D eigenvalue weighted by molar-refractivity contribution is 9.10. The second-order valence-corrected chi connectivity index (χ2v) is 4.01. The van der Waals surface area contributed by atoms with Crippen LogP contribution in [0.15, 0.2) is 22.7 Å². The molecule has 1 rings (SSSR count). The SMILES string of the molecule is NCC[C@@H](O)c1cc(Br)cc([N+](=O)[O-])c1. The molecule has 0 unspecified atom stereocenters. The number of benzene rings is 1. The predicted octanol–water partition coefficient (Wildman–Crippen LogP) is 1.74. The van der Waals surface area contributed by atoms with E-state index in [1.54, 1.807) is 6.07 Å². The summed E-state index contributed by atoms with van der Waals surface area (Å²) in [5, 5.41) is 20.2. The Labute approximate surface area is 95.2 Å². The molecule has 0 spiro atoms. The van der Waals surface area contributed by atoms with Crippen molar-refractivity contribution in [3.63, 3.8) is 0 Å². The zero-order chi connectivity index (χ0) is 11.4. The molecule has 6 heteroatoms. The number of nitro benzene ring substituents is 1. The van der Waals surface area contributed by atoms with Crippen LogP contribution < -0.4 is 5.73 Å². The number of hydrogen-bond acceptors (Lipinski definition) is 4. The number of non-ortho nitro benzene ring substituents is 1. The number of aliphatic hydroxyl groups is 1. The largest absolute Gasteiger partial charge is 0.388 e. The van der Waals surface area contributed by atoms with Gasteiger partial charge >= 0.3 is 0 Å². The minimum atomic E-state index is -0.758. The van der Waals surface area contributed by atoms with Gasteiger partial charge in [0.25, 0.3) is 5.69 Å². The average molecular weight is 275 g/mol. The van der Waals surface area contributed by atoms with E-state index in [-0.39, 0.29) is 5.69 Å². The zero-order valence-corrected chi connectivity index (χ0v) is 9.48. The first-order valence-corrected chi connectivity index (χ1v) is 5.17. The smallest absolute Gasteiger partial charge is 0.270 e. The van der Waals surface area contributed by atoms with Crippen LogP contribution in [0.1, 0.15) is 18.1 Å². The number of hydrogen-bond donors (Lipinski definition) is 2. The number of nitro groups is 1. The lowest BCUT2D eigenvalue weighted by Gasteiger charge is -2.09. The van der Waals surface area contributed by atoms with Crippen molar-refractivity contribution in [1.82, 2.24) is 0 Å². The summed E-state index contributed by atoms with van der Waals surface area (Å²) < 4.78 is 0.572. The van der Waals surface area contributed by atoms with Crippen molar-refractivity contribution in [2.24, 2.45) is 5.73 Å². The quantitative estimate of drug-likeness (QED) is 0.647. The van der Waals surface area contributed by atoms with Gasteiger partial charge in [-0.25, -0.2) is 0 Å². The molecule has 0 fully saturated rings. The fourth-order valence-corrected chi connectivity index (χ4v) is 1.72. The van der Waals surface area contributed by atoms with Crippen molar-refractivity contribution in [3.05, 3.63) is 38.3 Å². The number of rotatable bonds is 4. The molecule has 15 heavy (non-hydrogen) atoms. The summed E-state index contributed by atoms with van der Waals surface area (Å²) in [6.07, 6.45) is -0.376. The van der Waals surface area contributed by atoms with Gasteiger partial charge in [-0.05, 0) is 24.6 Å². The van der Waals surface area contributed by atoms with E-state index < -0.39 is 11.0 Å². The fraction of sp³-hybridized carbons (Fsp3) is 0.333. The highest BCUT2D eigenvalue weighted by Gasteiger charge is 2.13. The van der Waals surface area contributed by atoms with E-state index in [0.29, 0.717) is 23.0 Å². The van der Waals surface area contributed by atoms with E-state index in [1.807, 2.05) is 0 Å². The molecule has 1 atom stereocenters. The van der Waals surface area contributed by atoms with Crippen LogP contribution in [0.2, 0.25) is 0 Å². The van der Waals surface area contributed by atoms with Crippen LogP contribution in [-0.2, 0) is 0 Å². The molecule has 0 radical (unpaired) electrons. The zero-order valence-electron chi connectivity index (χ0n) is 7.89. The first kappa shape index (κ1) is 12.1. The highest BCUT2D eigenvalue weighted by atomic mass is 79.9. The Morgan fingerprint density at radius 3 is 2.73 bits per heavy atom. The number of nitrogens with zero attached hydrogens (tertiary/aromatic N) is 1. The van der Waals surface area contributed by atoms with Gasteiger partial charge in [0.05, 0.1) is 11.0 Å². The second kappa shape index (κ2) is 5.20. The Hall–Kier alpha value is -0.980. The lowest BCUT2D eigenvalue weighted by Crippen LogP contribution is -2.07. The Kier molecular flexibility index (Phi) is 4.19. The number of nitrogens with two attached hydrogens (primary N) is 1. The molecule has 0 bridgehead atoms. The van der Waals surface area contributed by atoms with Crippen LogP contribution >= 0.6 is 15.9 Å². The summed E-state index contributed by atoms with van der Waals surface area (Å²) >= 11 is 3.15. The maximum atomic E-state index is 10.6. The standard InChI is InChI=1S/C9H11BrN2O3/c10-7-3-6(9(13)1-2-11)4-8(5-7)12(14)15/h3-5,9,13H,1-2,11H2/t9-/m1/s1. The maximum Gasteiger partial charge on any atom is 0.270 e. The van der Waals surface area contributed by atoms with Gasteiger partial charge in [-0.2, -0.15) is 0 Å². The van der Waals surface area contributed by atoms with E-state index in [2.05, 4.69) is 15.9 Å². The van der Waals surface area contributed by atoms with Gasteiger partial charge in [0, 0.05) is 16.6 Å². The molecular weight excluding hydrogens is 264 g/mol. The van der Waals surface area contributed by atoms with Crippen molar-refractivity contribution < 1.29 is 10.0 Å². The second-order valence-electron chi connectivity index (χ2n) is 3.09. The maximum absolute atomic E-state index is 10.6. The van der Waals surface area contributed by atoms with E-state index >= 15 is 0 Å². The van der Waals surface area contributed by atoms with Crippen LogP contribution in [0.25, 0.3) is 0 Å². The van der Waals surface area contributed by atoms with Gasteiger partial charge in [-0.3, -0.25) is 10.1 Å². The van der Waals surface area contributed by atoms with Gasteiger partial charge in [0.2, 0.25) is 0 Å². The molecule has 0 saturated heterocycles. The highest BCUT2D eigenvalue weighted by Crippen LogP contribution is 2.26. The van der Waals surface area contributed by atoms with Gasteiger partial charge in [0.15, 0.2) is 0 Å². The van der Waals surface area contributed by atoms with Crippen molar-refractivity contribution >= 4 is 21.6 Å². The number of aliphatic hydroxyl groups excluding tert-OH is 1. The summed E-state index contributed by atoms with van der Waals surface area (Å²) in [6.45, 7) is 0.335. The van der Waals surface area contributed by atoms with Gasteiger partial charge in [-0.1, -0.05) is 15.9 Å². The van der Waals surface area contributed by atoms with Crippen LogP contribution in [0, 0.1) is 10.1 Å². The first-order valence-electron chi connectivity index (χ1n) is 4.37. The molecule has 3 N–H and O–H groups in total. The minimum absolute atomic E-state index is 0.0459. The topological polar surface area (TPSA) is 89.4 Å². The summed E-state index contributed by atoms with van der Waals surface area (Å²) in [6, 6.07) is 4.39. The molecule has 0 amide bonds. The average Bonchev–Trinajstić information content (AvgIpc) is 2.17. The van der Waals surface area contributed by atoms with Crippen LogP contribution in [-0.4, -0.2) is 16.6 Å². The Bertz CT molecular complexity index is 370. The number of halogens is 1. The third-order valence-corrected chi connectivity index (χ3v) is 2.40. The minimum Gasteiger partial charge on any atom is -0.388 e. The van der Waals surface area contributed by atoms with E-state index in [1.165, 1.54) is 12.1 Å². The predicted molar refractivity (Wildman–Crippen MR) is 59.4 cm³/mol. The normalized spacial score (nSPS) is 12.5. The summed E-state index contributed by atoms with van der Waals surface area (Å²) in [5.74, 6) is 0. The Morgan fingerprint density at radius 2 is 2.20 bits per heavy atom. The van der Waals surface area contributed by atoms with E-state index in [9.17, 15) is 15.2 Å². The van der Waals surface area contributed by atoms with Crippen molar-refractivity contribution in [2.75, 3.05) is 6.54 Å². The monoisotopic (exact) mass is 274 g/mol. The van der Waals surface area contributed by atoms with Gasteiger partial charge in [-0.15, -0.1) is 0 Å². The lowest BCUT2D eigenvalue weighted by molar-refractivity contribution is -0.385. The third-order valence-electron chi connectivity index (χ3n) is 1.94. The molecule has 1 aromatic rings. The lowest BCUT2D eigenvalue weighted by atomic mass is 10.1. The molecule has 0 aliphatic heterocycles. The first-order chi connectivity index (χ1) is 7.04. The molecular formula is C9H11BrN2O3. The molecule has 0 saturated carbocycles. The summed E-state index contributed by atoms with van der Waals surface area (Å²) in [4.78, 5) is 10.1. The Morgan fingerprint density at radius 1 is 1.53 bits per heavy atom. The molecule has 0 aliphatic rings. The van der Waals surface area contributed by atoms with Crippen LogP contribution in [0.5, 0.6) is 0 Å². The summed E-state index contributed by atoms with van der Waals surface area (Å²) in [7, 11) is 0. The fourth-order valence-electron chi connectivity index (χ4n) is 1.22. The van der Waals surface area contributed by atoms with Crippen molar-refractivity contribution in [1.29, 1.82) is 0 Å². The molecule has 0 heterocycles. The van der Waals surface area contributed by atoms with Crippen LogP contribution in [0.3, 0.4) is 0 Å². The molecule has 0 aliphatic carbocycles. The van der Waals surface area contributed by atoms with Crippen LogP contribution in [0.4, 0.5) is 5.69 Å². The molecule has 0 aromatic heterocycles.